The molecular weight excluding hydrogens is 190 g/mol. The third kappa shape index (κ3) is 2.04. The second-order valence-electron chi connectivity index (χ2n) is 4.18. The van der Waals surface area contributed by atoms with Gasteiger partial charge in [-0.25, -0.2) is 5.90 Å². The summed E-state index contributed by atoms with van der Waals surface area (Å²) >= 11 is 0. The third-order valence-corrected chi connectivity index (χ3v) is 3.10. The molecule has 3 nitrogen and oxygen atoms in total. The van der Waals surface area contributed by atoms with Crippen LogP contribution in [0.15, 0.2) is 24.3 Å². The molecule has 0 atom stereocenters. The molecule has 0 saturated heterocycles. The predicted molar refractivity (Wildman–Crippen MR) is 58.2 cm³/mol. The van der Waals surface area contributed by atoms with Crippen molar-refractivity contribution in [2.24, 2.45) is 5.90 Å². The molecule has 0 aromatic heterocycles. The molecule has 0 aliphatic heterocycles. The van der Waals surface area contributed by atoms with E-state index in [9.17, 15) is 0 Å². The number of methoxy groups -OCH3 is 1. The lowest BCUT2D eigenvalue weighted by Gasteiger charge is -2.18. The fraction of sp³-hybridized carbons (Fsp3) is 0.500. The first kappa shape index (κ1) is 10.6. The first-order chi connectivity index (χ1) is 7.32. The number of hydrogen-bond acceptors (Lipinski definition) is 3. The molecule has 1 aromatic rings. The number of ether oxygens (including phenoxy) is 1. The number of nitrogens with two attached hydrogens (primary N) is 1. The van der Waals surface area contributed by atoms with Gasteiger partial charge in [-0.1, -0.05) is 24.3 Å². The maximum Gasteiger partial charge on any atom is 0.0932 e. The number of benzene rings is 1. The van der Waals surface area contributed by atoms with Gasteiger partial charge in [0.1, 0.15) is 0 Å². The Morgan fingerprint density at radius 3 is 2.67 bits per heavy atom. The van der Waals surface area contributed by atoms with Crippen molar-refractivity contribution in [2.45, 2.75) is 24.9 Å². The molecule has 0 spiro atoms. The average Bonchev–Trinajstić information content (AvgIpc) is 3.01. The van der Waals surface area contributed by atoms with Crippen molar-refractivity contribution in [1.82, 2.24) is 0 Å². The Morgan fingerprint density at radius 2 is 2.07 bits per heavy atom. The summed E-state index contributed by atoms with van der Waals surface area (Å²) in [6, 6.07) is 8.30. The number of rotatable bonds is 5. The van der Waals surface area contributed by atoms with Gasteiger partial charge in [0.25, 0.3) is 0 Å². The van der Waals surface area contributed by atoms with Crippen LogP contribution in [0.25, 0.3) is 0 Å². The lowest BCUT2D eigenvalue weighted by atomic mass is 9.92. The summed E-state index contributed by atoms with van der Waals surface area (Å²) in [7, 11) is 1.75. The Bertz CT molecular complexity index is 334. The van der Waals surface area contributed by atoms with Crippen molar-refractivity contribution in [3.63, 3.8) is 0 Å². The second-order valence-corrected chi connectivity index (χ2v) is 4.18. The molecule has 1 aliphatic rings. The van der Waals surface area contributed by atoms with Gasteiger partial charge in [-0.05, 0) is 24.0 Å². The van der Waals surface area contributed by atoms with Crippen LogP contribution in [-0.4, -0.2) is 13.7 Å². The molecule has 1 fully saturated rings. The van der Waals surface area contributed by atoms with Crippen LogP contribution in [0.4, 0.5) is 0 Å². The van der Waals surface area contributed by atoms with Crippen LogP contribution in [-0.2, 0) is 21.6 Å². The molecule has 1 aromatic carbocycles. The lowest BCUT2D eigenvalue weighted by Crippen LogP contribution is -2.17. The summed E-state index contributed by atoms with van der Waals surface area (Å²) in [6.07, 6.45) is 2.39. The van der Waals surface area contributed by atoms with Crippen LogP contribution in [0, 0.1) is 0 Å². The minimum absolute atomic E-state index is 0.226. The van der Waals surface area contributed by atoms with Gasteiger partial charge < -0.3 is 4.74 Å². The standard InChI is InChI=1S/C12H17NO2/c1-14-9-12(6-7-12)11-5-3-2-4-10(11)8-15-13/h2-5H,6-9,13H2,1H3. The zero-order valence-electron chi connectivity index (χ0n) is 9.03. The summed E-state index contributed by atoms with van der Waals surface area (Å²) in [6.45, 7) is 1.26. The van der Waals surface area contributed by atoms with E-state index < -0.39 is 0 Å². The van der Waals surface area contributed by atoms with Crippen molar-refractivity contribution in [1.29, 1.82) is 0 Å². The average molecular weight is 207 g/mol. The fourth-order valence-corrected chi connectivity index (χ4v) is 2.17. The summed E-state index contributed by atoms with van der Waals surface area (Å²) in [5.41, 5.74) is 2.73. The predicted octanol–water partition coefficient (Wildman–Crippen LogP) is 1.75. The molecule has 0 bridgehead atoms. The van der Waals surface area contributed by atoms with Crippen LogP contribution >= 0.6 is 0 Å². The van der Waals surface area contributed by atoms with Crippen molar-refractivity contribution in [3.8, 4) is 0 Å². The van der Waals surface area contributed by atoms with Gasteiger partial charge in [0.2, 0.25) is 0 Å². The summed E-state index contributed by atoms with van der Waals surface area (Å²) < 4.78 is 5.28. The van der Waals surface area contributed by atoms with Crippen molar-refractivity contribution in [2.75, 3.05) is 13.7 Å². The third-order valence-electron chi connectivity index (χ3n) is 3.10. The summed E-state index contributed by atoms with van der Waals surface area (Å²) in [5, 5.41) is 0. The van der Waals surface area contributed by atoms with Crippen molar-refractivity contribution < 1.29 is 9.57 Å². The molecule has 1 aliphatic carbocycles. The van der Waals surface area contributed by atoms with Gasteiger partial charge in [0.05, 0.1) is 13.2 Å². The van der Waals surface area contributed by atoms with E-state index in [1.807, 2.05) is 6.07 Å². The molecular formula is C12H17NO2. The molecule has 0 heterocycles. The molecule has 2 N–H and O–H groups in total. The summed E-state index contributed by atoms with van der Waals surface area (Å²) in [5.74, 6) is 5.14. The molecule has 0 amide bonds. The maximum absolute atomic E-state index is 5.28. The molecule has 2 rings (SSSR count). The van der Waals surface area contributed by atoms with E-state index in [4.69, 9.17) is 15.5 Å². The van der Waals surface area contributed by atoms with E-state index in [1.165, 1.54) is 24.0 Å². The highest BCUT2D eigenvalue weighted by Gasteiger charge is 2.45. The van der Waals surface area contributed by atoms with Crippen LogP contribution in [0.3, 0.4) is 0 Å². The van der Waals surface area contributed by atoms with Gasteiger partial charge in [-0.2, -0.15) is 0 Å². The van der Waals surface area contributed by atoms with Gasteiger partial charge in [-0.3, -0.25) is 4.84 Å². The summed E-state index contributed by atoms with van der Waals surface area (Å²) in [4.78, 5) is 4.73. The van der Waals surface area contributed by atoms with Crippen LogP contribution in [0.1, 0.15) is 24.0 Å². The Kier molecular flexibility index (Phi) is 3.05. The Balaban J connectivity index is 2.26. The lowest BCUT2D eigenvalue weighted by molar-refractivity contribution is 0.121. The first-order valence-electron chi connectivity index (χ1n) is 5.21. The highest BCUT2D eigenvalue weighted by atomic mass is 16.6. The highest BCUT2D eigenvalue weighted by molar-refractivity contribution is 5.38. The van der Waals surface area contributed by atoms with E-state index in [1.54, 1.807) is 7.11 Å². The van der Waals surface area contributed by atoms with Crippen LogP contribution < -0.4 is 5.90 Å². The van der Waals surface area contributed by atoms with Crippen LogP contribution in [0.5, 0.6) is 0 Å². The Morgan fingerprint density at radius 1 is 1.33 bits per heavy atom. The minimum atomic E-state index is 0.226. The quantitative estimate of drug-likeness (QED) is 0.748. The van der Waals surface area contributed by atoms with E-state index in [2.05, 4.69) is 18.2 Å². The molecule has 3 heteroatoms. The molecule has 0 unspecified atom stereocenters. The minimum Gasteiger partial charge on any atom is -0.384 e. The molecule has 82 valence electrons. The maximum atomic E-state index is 5.28. The SMILES string of the molecule is COCC1(c2ccccc2CON)CC1. The van der Waals surface area contributed by atoms with Gasteiger partial charge in [0, 0.05) is 12.5 Å². The van der Waals surface area contributed by atoms with Crippen molar-refractivity contribution in [3.05, 3.63) is 35.4 Å². The smallest absolute Gasteiger partial charge is 0.0932 e. The van der Waals surface area contributed by atoms with Gasteiger partial charge in [-0.15, -0.1) is 0 Å². The van der Waals surface area contributed by atoms with Crippen molar-refractivity contribution >= 4 is 0 Å². The topological polar surface area (TPSA) is 44.5 Å². The zero-order chi connectivity index (χ0) is 10.7. The molecule has 0 radical (unpaired) electrons. The fourth-order valence-electron chi connectivity index (χ4n) is 2.17. The number of hydrogen-bond donors (Lipinski definition) is 1. The normalized spacial score (nSPS) is 17.7. The largest absolute Gasteiger partial charge is 0.384 e. The highest BCUT2D eigenvalue weighted by Crippen LogP contribution is 2.49. The Labute approximate surface area is 90.1 Å². The molecule has 1 saturated carbocycles. The monoisotopic (exact) mass is 207 g/mol. The first-order valence-corrected chi connectivity index (χ1v) is 5.21. The Hall–Kier alpha value is -0.900. The van der Waals surface area contributed by atoms with E-state index in [0.717, 1.165) is 6.61 Å². The van der Waals surface area contributed by atoms with E-state index in [-0.39, 0.29) is 5.41 Å². The van der Waals surface area contributed by atoms with E-state index in [0.29, 0.717) is 6.61 Å². The van der Waals surface area contributed by atoms with E-state index >= 15 is 0 Å². The van der Waals surface area contributed by atoms with Gasteiger partial charge in [0.15, 0.2) is 0 Å². The molecule has 15 heavy (non-hydrogen) atoms. The van der Waals surface area contributed by atoms with Gasteiger partial charge >= 0.3 is 0 Å². The van der Waals surface area contributed by atoms with Crippen LogP contribution in [0.2, 0.25) is 0 Å². The second kappa shape index (κ2) is 4.31. The zero-order valence-corrected chi connectivity index (χ0v) is 9.03.